The summed E-state index contributed by atoms with van der Waals surface area (Å²) in [4.78, 5) is 24.1. The molecule has 0 radical (unpaired) electrons. The van der Waals surface area contributed by atoms with Gasteiger partial charge in [-0.15, -0.1) is 0 Å². The lowest BCUT2D eigenvalue weighted by molar-refractivity contribution is -0.114. The van der Waals surface area contributed by atoms with Crippen molar-refractivity contribution in [3.05, 3.63) is 71.0 Å². The van der Waals surface area contributed by atoms with Gasteiger partial charge < -0.3 is 10.6 Å². The smallest absolute Gasteiger partial charge is 0.259 e. The van der Waals surface area contributed by atoms with Crippen LogP contribution in [0.1, 0.15) is 42.7 Å². The number of carbonyl (C=O) groups is 2. The van der Waals surface area contributed by atoms with E-state index >= 15 is 0 Å². The molecule has 2 amide bonds. The summed E-state index contributed by atoms with van der Waals surface area (Å²) in [7, 11) is 0. The Morgan fingerprint density at radius 3 is 2.36 bits per heavy atom. The number of anilines is 2. The molecule has 1 aromatic heterocycles. The van der Waals surface area contributed by atoms with Crippen LogP contribution in [0.25, 0.3) is 5.69 Å². The fraction of sp³-hybridized carbons (Fsp3) is 0.190. The van der Waals surface area contributed by atoms with Crippen LogP contribution in [-0.2, 0) is 4.79 Å². The van der Waals surface area contributed by atoms with Gasteiger partial charge in [0, 0.05) is 23.3 Å². The second-order valence-corrected chi connectivity index (χ2v) is 7.14. The van der Waals surface area contributed by atoms with Crippen molar-refractivity contribution in [1.82, 2.24) is 9.78 Å². The Morgan fingerprint density at radius 2 is 1.71 bits per heavy atom. The Morgan fingerprint density at radius 1 is 1.04 bits per heavy atom. The minimum Gasteiger partial charge on any atom is -0.326 e. The number of hydrogen-bond acceptors (Lipinski definition) is 3. The van der Waals surface area contributed by atoms with Crippen molar-refractivity contribution in [2.45, 2.75) is 26.7 Å². The highest BCUT2D eigenvalue weighted by Gasteiger charge is 2.21. The summed E-state index contributed by atoms with van der Waals surface area (Å²) in [5.41, 5.74) is 3.27. The first-order chi connectivity index (χ1) is 13.3. The topological polar surface area (TPSA) is 76.0 Å². The highest BCUT2D eigenvalue weighted by Crippen LogP contribution is 2.25. The Balaban J connectivity index is 1.91. The van der Waals surface area contributed by atoms with Gasteiger partial charge in [-0.3, -0.25) is 9.59 Å². The Bertz CT molecular complexity index is 1030. The van der Waals surface area contributed by atoms with Crippen molar-refractivity contribution in [3.8, 4) is 5.69 Å². The molecule has 0 fully saturated rings. The first-order valence-corrected chi connectivity index (χ1v) is 9.26. The number of aromatic nitrogens is 2. The average molecular weight is 397 g/mol. The lowest BCUT2D eigenvalue weighted by Crippen LogP contribution is -2.15. The number of amides is 2. The van der Waals surface area contributed by atoms with Crippen LogP contribution in [0, 0.1) is 0 Å². The minimum absolute atomic E-state index is 0.0629. The van der Waals surface area contributed by atoms with Gasteiger partial charge in [-0.05, 0) is 42.3 Å². The Hall–Kier alpha value is -3.12. The number of benzene rings is 2. The summed E-state index contributed by atoms with van der Waals surface area (Å²) in [6.07, 6.45) is 1.56. The zero-order valence-corrected chi connectivity index (χ0v) is 16.6. The molecular weight excluding hydrogens is 376 g/mol. The van der Waals surface area contributed by atoms with E-state index in [1.54, 1.807) is 47.3 Å². The normalized spacial score (nSPS) is 10.8. The molecule has 0 saturated carbocycles. The molecule has 3 aromatic rings. The number of carbonyl (C=O) groups excluding carboxylic acids is 2. The van der Waals surface area contributed by atoms with Crippen molar-refractivity contribution < 1.29 is 9.59 Å². The third-order valence-corrected chi connectivity index (χ3v) is 4.33. The van der Waals surface area contributed by atoms with E-state index in [0.717, 1.165) is 11.4 Å². The van der Waals surface area contributed by atoms with Crippen molar-refractivity contribution in [2.75, 3.05) is 10.6 Å². The predicted molar refractivity (Wildman–Crippen MR) is 111 cm³/mol. The monoisotopic (exact) mass is 396 g/mol. The number of halogens is 1. The minimum atomic E-state index is -0.267. The summed E-state index contributed by atoms with van der Waals surface area (Å²) >= 11 is 6.10. The molecule has 0 aliphatic rings. The van der Waals surface area contributed by atoms with Crippen molar-refractivity contribution in [2.24, 2.45) is 0 Å². The molecule has 0 aliphatic carbocycles. The molecule has 144 valence electrons. The molecule has 2 N–H and O–H groups in total. The molecule has 1 heterocycles. The number of nitrogens with one attached hydrogen (secondary N) is 2. The first-order valence-electron chi connectivity index (χ1n) is 8.88. The standard InChI is InChI=1S/C21H21ClN4O2/c1-13(2)20-19(12-23-26(20)18-9-4-6-15(22)10-18)21(28)25-17-8-5-7-16(11-17)24-14(3)27/h4-13H,1-3H3,(H,24,27)(H,25,28). The molecule has 0 atom stereocenters. The van der Waals surface area contributed by atoms with Gasteiger partial charge in [0.15, 0.2) is 0 Å². The zero-order chi connectivity index (χ0) is 20.3. The fourth-order valence-electron chi connectivity index (χ4n) is 2.98. The van der Waals surface area contributed by atoms with Crippen LogP contribution in [0.2, 0.25) is 5.02 Å². The van der Waals surface area contributed by atoms with Crippen LogP contribution in [-0.4, -0.2) is 21.6 Å². The van der Waals surface area contributed by atoms with E-state index in [1.165, 1.54) is 6.92 Å². The maximum atomic E-state index is 12.9. The number of nitrogens with zero attached hydrogens (tertiary/aromatic N) is 2. The molecule has 2 aromatic carbocycles. The second-order valence-electron chi connectivity index (χ2n) is 6.71. The van der Waals surface area contributed by atoms with Gasteiger partial charge in [0.25, 0.3) is 5.91 Å². The summed E-state index contributed by atoms with van der Waals surface area (Å²) in [5, 5.41) is 10.6. The molecule has 0 bridgehead atoms. The molecule has 0 aliphatic heterocycles. The number of rotatable bonds is 5. The van der Waals surface area contributed by atoms with Crippen molar-refractivity contribution in [1.29, 1.82) is 0 Å². The SMILES string of the molecule is CC(=O)Nc1cccc(NC(=O)c2cnn(-c3cccc(Cl)c3)c2C(C)C)c1. The average Bonchev–Trinajstić information content (AvgIpc) is 3.07. The van der Waals surface area contributed by atoms with E-state index < -0.39 is 0 Å². The Labute approximate surface area is 168 Å². The van der Waals surface area contributed by atoms with Gasteiger partial charge >= 0.3 is 0 Å². The highest BCUT2D eigenvalue weighted by atomic mass is 35.5. The van der Waals surface area contributed by atoms with Crippen LogP contribution in [0.5, 0.6) is 0 Å². The molecular formula is C21H21ClN4O2. The van der Waals surface area contributed by atoms with Crippen LogP contribution < -0.4 is 10.6 Å². The quantitative estimate of drug-likeness (QED) is 0.646. The molecule has 6 nitrogen and oxygen atoms in total. The van der Waals surface area contributed by atoms with E-state index in [1.807, 2.05) is 26.0 Å². The molecule has 7 heteroatoms. The van der Waals surface area contributed by atoms with E-state index in [4.69, 9.17) is 11.6 Å². The highest BCUT2D eigenvalue weighted by molar-refractivity contribution is 6.30. The molecule has 28 heavy (non-hydrogen) atoms. The molecule has 0 unspecified atom stereocenters. The lowest BCUT2D eigenvalue weighted by Gasteiger charge is -2.13. The summed E-state index contributed by atoms with van der Waals surface area (Å²) in [5.74, 6) is -0.377. The summed E-state index contributed by atoms with van der Waals surface area (Å²) < 4.78 is 1.74. The van der Waals surface area contributed by atoms with Gasteiger partial charge in [0.2, 0.25) is 5.91 Å². The third kappa shape index (κ3) is 4.40. The van der Waals surface area contributed by atoms with Gasteiger partial charge in [-0.25, -0.2) is 4.68 Å². The zero-order valence-electron chi connectivity index (χ0n) is 15.9. The summed E-state index contributed by atoms with van der Waals surface area (Å²) in [6, 6.07) is 14.3. The second kappa shape index (κ2) is 8.27. The van der Waals surface area contributed by atoms with E-state index in [2.05, 4.69) is 15.7 Å². The van der Waals surface area contributed by atoms with Crippen molar-refractivity contribution >= 4 is 34.8 Å². The molecule has 0 spiro atoms. The van der Waals surface area contributed by atoms with E-state index in [9.17, 15) is 9.59 Å². The number of hydrogen-bond donors (Lipinski definition) is 2. The first kappa shape index (κ1) is 19.6. The van der Waals surface area contributed by atoms with Crippen LogP contribution in [0.3, 0.4) is 0 Å². The van der Waals surface area contributed by atoms with E-state index in [0.29, 0.717) is 22.0 Å². The van der Waals surface area contributed by atoms with Gasteiger partial charge in [0.1, 0.15) is 0 Å². The Kier molecular flexibility index (Phi) is 5.80. The predicted octanol–water partition coefficient (Wildman–Crippen LogP) is 4.86. The van der Waals surface area contributed by atoms with Gasteiger partial charge in [-0.2, -0.15) is 5.10 Å². The maximum absolute atomic E-state index is 12.9. The van der Waals surface area contributed by atoms with Gasteiger partial charge in [-0.1, -0.05) is 37.6 Å². The van der Waals surface area contributed by atoms with Crippen molar-refractivity contribution in [3.63, 3.8) is 0 Å². The van der Waals surface area contributed by atoms with Crippen LogP contribution >= 0.6 is 11.6 Å². The van der Waals surface area contributed by atoms with Crippen LogP contribution in [0.4, 0.5) is 11.4 Å². The maximum Gasteiger partial charge on any atom is 0.259 e. The lowest BCUT2D eigenvalue weighted by atomic mass is 10.0. The third-order valence-electron chi connectivity index (χ3n) is 4.09. The van der Waals surface area contributed by atoms with Gasteiger partial charge in [0.05, 0.1) is 23.1 Å². The van der Waals surface area contributed by atoms with Crippen LogP contribution in [0.15, 0.2) is 54.7 Å². The van der Waals surface area contributed by atoms with E-state index in [-0.39, 0.29) is 17.7 Å². The molecule has 3 rings (SSSR count). The molecule has 0 saturated heterocycles. The summed E-state index contributed by atoms with van der Waals surface area (Å²) in [6.45, 7) is 5.45. The largest absolute Gasteiger partial charge is 0.326 e. The fourth-order valence-corrected chi connectivity index (χ4v) is 3.16.